The Balaban J connectivity index is 1.63. The Bertz CT molecular complexity index is 709. The number of hydrogen-bond donors (Lipinski definition) is 2. The number of aryl methyl sites for hydroxylation is 3. The van der Waals surface area contributed by atoms with E-state index in [1.165, 1.54) is 11.1 Å². The lowest BCUT2D eigenvalue weighted by Crippen LogP contribution is -2.33. The molecule has 1 aliphatic heterocycles. The van der Waals surface area contributed by atoms with Crippen molar-refractivity contribution in [1.82, 2.24) is 20.1 Å². The predicted octanol–water partition coefficient (Wildman–Crippen LogP) is 2.51. The largest absolute Gasteiger partial charge is 0.325 e. The van der Waals surface area contributed by atoms with E-state index in [0.717, 1.165) is 36.7 Å². The second-order valence-corrected chi connectivity index (χ2v) is 6.25. The van der Waals surface area contributed by atoms with Crippen LogP contribution in [-0.4, -0.2) is 39.1 Å². The van der Waals surface area contributed by atoms with Crippen LogP contribution in [-0.2, 0) is 4.79 Å². The number of anilines is 1. The Morgan fingerprint density at radius 3 is 2.87 bits per heavy atom. The van der Waals surface area contributed by atoms with Gasteiger partial charge in [0.25, 0.3) is 0 Å². The van der Waals surface area contributed by atoms with Gasteiger partial charge in [-0.1, -0.05) is 6.07 Å². The molecule has 6 nitrogen and oxygen atoms in total. The normalized spacial score (nSPS) is 18.3. The lowest BCUT2D eigenvalue weighted by molar-refractivity contribution is -0.117. The third kappa shape index (κ3) is 3.59. The highest BCUT2D eigenvalue weighted by molar-refractivity contribution is 5.92. The van der Waals surface area contributed by atoms with E-state index < -0.39 is 0 Å². The standard InChI is InChI=1S/C17H23N5O/c1-11-6-7-14(9-12(11)2)19-16(23)10-22-8-4-5-15(22)17-18-13(3)20-21-17/h6-7,9,15H,4-5,8,10H2,1-3H3,(H,19,23)(H,18,20,21)/t15-/m1/s1. The summed E-state index contributed by atoms with van der Waals surface area (Å²) in [5.74, 6) is 1.61. The molecular formula is C17H23N5O. The first kappa shape index (κ1) is 15.7. The molecule has 1 saturated heterocycles. The molecule has 1 aliphatic rings. The van der Waals surface area contributed by atoms with Crippen LogP contribution in [0.25, 0.3) is 0 Å². The average Bonchev–Trinajstić information content (AvgIpc) is 3.11. The number of rotatable bonds is 4. The first-order valence-corrected chi connectivity index (χ1v) is 8.03. The number of nitrogens with one attached hydrogen (secondary N) is 2. The lowest BCUT2D eigenvalue weighted by Gasteiger charge is -2.21. The average molecular weight is 313 g/mol. The van der Waals surface area contributed by atoms with Crippen molar-refractivity contribution in [1.29, 1.82) is 0 Å². The fraction of sp³-hybridized carbons (Fsp3) is 0.471. The molecule has 23 heavy (non-hydrogen) atoms. The fourth-order valence-electron chi connectivity index (χ4n) is 3.02. The molecule has 3 rings (SSSR count). The number of hydrogen-bond acceptors (Lipinski definition) is 4. The van der Waals surface area contributed by atoms with Crippen LogP contribution in [0.3, 0.4) is 0 Å². The van der Waals surface area contributed by atoms with Crippen LogP contribution < -0.4 is 5.32 Å². The molecule has 1 amide bonds. The van der Waals surface area contributed by atoms with Crippen LogP contribution in [0.2, 0.25) is 0 Å². The fourth-order valence-corrected chi connectivity index (χ4v) is 3.02. The Morgan fingerprint density at radius 2 is 2.17 bits per heavy atom. The minimum Gasteiger partial charge on any atom is -0.325 e. The molecule has 1 aromatic carbocycles. The third-order valence-electron chi connectivity index (χ3n) is 4.41. The van der Waals surface area contributed by atoms with Crippen molar-refractivity contribution in [2.45, 2.75) is 39.7 Å². The van der Waals surface area contributed by atoms with E-state index in [4.69, 9.17) is 0 Å². The minimum absolute atomic E-state index is 0.00686. The van der Waals surface area contributed by atoms with Crippen LogP contribution >= 0.6 is 0 Å². The maximum Gasteiger partial charge on any atom is 0.238 e. The summed E-state index contributed by atoms with van der Waals surface area (Å²) in [5.41, 5.74) is 3.25. The van der Waals surface area contributed by atoms with E-state index in [9.17, 15) is 4.79 Å². The van der Waals surface area contributed by atoms with Gasteiger partial charge in [-0.15, -0.1) is 0 Å². The van der Waals surface area contributed by atoms with E-state index in [1.54, 1.807) is 0 Å². The van der Waals surface area contributed by atoms with Gasteiger partial charge in [0, 0.05) is 5.69 Å². The van der Waals surface area contributed by atoms with Crippen molar-refractivity contribution < 1.29 is 4.79 Å². The zero-order valence-electron chi connectivity index (χ0n) is 13.9. The number of nitrogens with zero attached hydrogens (tertiary/aromatic N) is 3. The topological polar surface area (TPSA) is 73.9 Å². The summed E-state index contributed by atoms with van der Waals surface area (Å²) in [6.45, 7) is 7.27. The molecule has 2 N–H and O–H groups in total. The summed E-state index contributed by atoms with van der Waals surface area (Å²) in [6.07, 6.45) is 2.06. The quantitative estimate of drug-likeness (QED) is 0.909. The second kappa shape index (κ2) is 6.50. The monoisotopic (exact) mass is 313 g/mol. The van der Waals surface area contributed by atoms with Gasteiger partial charge in [0.1, 0.15) is 5.82 Å². The third-order valence-corrected chi connectivity index (χ3v) is 4.41. The lowest BCUT2D eigenvalue weighted by atomic mass is 10.1. The van der Waals surface area contributed by atoms with E-state index in [-0.39, 0.29) is 11.9 Å². The number of benzene rings is 1. The molecule has 0 spiro atoms. The first-order valence-electron chi connectivity index (χ1n) is 8.03. The van der Waals surface area contributed by atoms with Gasteiger partial charge in [0.15, 0.2) is 5.82 Å². The van der Waals surface area contributed by atoms with Crippen molar-refractivity contribution in [3.05, 3.63) is 41.0 Å². The molecule has 1 fully saturated rings. The number of aromatic nitrogens is 3. The van der Waals surface area contributed by atoms with Gasteiger partial charge >= 0.3 is 0 Å². The molecule has 1 aromatic heterocycles. The predicted molar refractivity (Wildman–Crippen MR) is 89.2 cm³/mol. The summed E-state index contributed by atoms with van der Waals surface area (Å²) in [7, 11) is 0. The minimum atomic E-state index is 0.00686. The molecule has 0 aliphatic carbocycles. The smallest absolute Gasteiger partial charge is 0.238 e. The number of carbonyl (C=O) groups excluding carboxylic acids is 1. The molecule has 2 heterocycles. The van der Waals surface area contributed by atoms with Crippen molar-refractivity contribution in [3.63, 3.8) is 0 Å². The maximum absolute atomic E-state index is 12.3. The Labute approximate surface area is 136 Å². The molecular weight excluding hydrogens is 290 g/mol. The summed E-state index contributed by atoms with van der Waals surface area (Å²) in [4.78, 5) is 18.9. The highest BCUT2D eigenvalue weighted by atomic mass is 16.2. The number of amides is 1. The molecule has 1 atom stereocenters. The molecule has 6 heteroatoms. The van der Waals surface area contributed by atoms with Crippen molar-refractivity contribution in [2.24, 2.45) is 0 Å². The zero-order chi connectivity index (χ0) is 16.4. The van der Waals surface area contributed by atoms with E-state index >= 15 is 0 Å². The van der Waals surface area contributed by atoms with Crippen molar-refractivity contribution in [2.75, 3.05) is 18.4 Å². The van der Waals surface area contributed by atoms with E-state index in [1.807, 2.05) is 32.0 Å². The molecule has 2 aromatic rings. The summed E-state index contributed by atoms with van der Waals surface area (Å²) >= 11 is 0. The van der Waals surface area contributed by atoms with Crippen LogP contribution in [0.5, 0.6) is 0 Å². The SMILES string of the molecule is Cc1nc([C@H]2CCCN2CC(=O)Nc2ccc(C)c(C)c2)n[nH]1. The maximum atomic E-state index is 12.3. The number of likely N-dealkylation sites (tertiary alicyclic amines) is 1. The Kier molecular flexibility index (Phi) is 4.43. The second-order valence-electron chi connectivity index (χ2n) is 6.25. The molecule has 0 saturated carbocycles. The van der Waals surface area contributed by atoms with Crippen LogP contribution in [0.4, 0.5) is 5.69 Å². The van der Waals surface area contributed by atoms with Gasteiger partial charge in [-0.05, 0) is 63.4 Å². The van der Waals surface area contributed by atoms with Crippen LogP contribution in [0.1, 0.15) is 41.7 Å². The molecule has 122 valence electrons. The molecule has 0 radical (unpaired) electrons. The number of aromatic amines is 1. The highest BCUT2D eigenvalue weighted by Crippen LogP contribution is 2.29. The number of carbonyl (C=O) groups is 1. The summed E-state index contributed by atoms with van der Waals surface area (Å²) in [6, 6.07) is 6.11. The van der Waals surface area contributed by atoms with Gasteiger partial charge in [-0.25, -0.2) is 4.98 Å². The summed E-state index contributed by atoms with van der Waals surface area (Å²) < 4.78 is 0. The Hall–Kier alpha value is -2.21. The first-order chi connectivity index (χ1) is 11.0. The molecule has 0 bridgehead atoms. The van der Waals surface area contributed by atoms with Gasteiger partial charge in [-0.3, -0.25) is 14.8 Å². The Morgan fingerprint density at radius 1 is 1.35 bits per heavy atom. The highest BCUT2D eigenvalue weighted by Gasteiger charge is 2.30. The van der Waals surface area contributed by atoms with Crippen molar-refractivity contribution >= 4 is 11.6 Å². The zero-order valence-corrected chi connectivity index (χ0v) is 13.9. The van der Waals surface area contributed by atoms with E-state index in [2.05, 4.69) is 32.3 Å². The molecule has 0 unspecified atom stereocenters. The van der Waals surface area contributed by atoms with Gasteiger partial charge < -0.3 is 5.32 Å². The van der Waals surface area contributed by atoms with Crippen LogP contribution in [0.15, 0.2) is 18.2 Å². The summed E-state index contributed by atoms with van der Waals surface area (Å²) in [5, 5.41) is 10.1. The van der Waals surface area contributed by atoms with E-state index in [0.29, 0.717) is 6.54 Å². The van der Waals surface area contributed by atoms with Gasteiger partial charge in [0.05, 0.1) is 12.6 Å². The van der Waals surface area contributed by atoms with Gasteiger partial charge in [-0.2, -0.15) is 5.10 Å². The van der Waals surface area contributed by atoms with Gasteiger partial charge in [0.2, 0.25) is 5.91 Å². The van der Waals surface area contributed by atoms with Crippen LogP contribution in [0, 0.1) is 20.8 Å². The number of H-pyrrole nitrogens is 1. The van der Waals surface area contributed by atoms with Crippen molar-refractivity contribution in [3.8, 4) is 0 Å².